The Kier molecular flexibility index (Phi) is 3.53. The molecule has 0 spiro atoms. The average molecular weight is 325 g/mol. The number of fused-ring (bicyclic) bond motifs is 2. The van der Waals surface area contributed by atoms with E-state index in [0.717, 1.165) is 23.9 Å². The molecule has 1 aromatic carbocycles. The van der Waals surface area contributed by atoms with Gasteiger partial charge in [0.25, 0.3) is 0 Å². The number of allylic oxidation sites excluding steroid dienone is 1. The molecule has 4 nitrogen and oxygen atoms in total. The van der Waals surface area contributed by atoms with E-state index >= 15 is 0 Å². The van der Waals surface area contributed by atoms with Gasteiger partial charge in [-0.3, -0.25) is 9.20 Å². The zero-order chi connectivity index (χ0) is 16.0. The summed E-state index contributed by atoms with van der Waals surface area (Å²) in [6.45, 7) is 4.15. The summed E-state index contributed by atoms with van der Waals surface area (Å²) >= 11 is 0. The van der Waals surface area contributed by atoms with E-state index in [9.17, 15) is 4.21 Å². The lowest BCUT2D eigenvalue weighted by atomic mass is 9.93. The van der Waals surface area contributed by atoms with Crippen LogP contribution in [0.2, 0.25) is 0 Å². The van der Waals surface area contributed by atoms with Crippen molar-refractivity contribution >= 4 is 28.0 Å². The Labute approximate surface area is 137 Å². The molecule has 1 N–H and O–H groups in total. The number of H-pyrrole nitrogens is 1. The number of aromatic nitrogens is 2. The maximum Gasteiger partial charge on any atom is 0.198 e. The first kappa shape index (κ1) is 14.6. The fourth-order valence-electron chi connectivity index (χ4n) is 3.19. The number of aliphatic imine (C=N–C) groups is 1. The first-order chi connectivity index (χ1) is 11.1. The van der Waals surface area contributed by atoms with Gasteiger partial charge in [0.2, 0.25) is 0 Å². The van der Waals surface area contributed by atoms with Crippen molar-refractivity contribution in [2.45, 2.75) is 43.1 Å². The summed E-state index contributed by atoms with van der Waals surface area (Å²) in [5.74, 6) is 0. The van der Waals surface area contributed by atoms with Gasteiger partial charge in [-0.1, -0.05) is 12.2 Å². The molecule has 0 saturated carbocycles. The maximum absolute atomic E-state index is 12.9. The van der Waals surface area contributed by atoms with Gasteiger partial charge in [-0.05, 0) is 61.6 Å². The zero-order valence-corrected chi connectivity index (χ0v) is 14.1. The standard InChI is InChI=1S/C18H19N3OS/c1-11-8-16-17(9-12(11)2)21-18(20-16)23(22)14-5-6-15-13(10-14)4-3-7-19-15/h3-4,7-10,14-15H,5-6H2,1-2H3,(H,20,21). The molecule has 2 aromatic rings. The Balaban J connectivity index is 1.67. The van der Waals surface area contributed by atoms with E-state index in [1.54, 1.807) is 0 Å². The van der Waals surface area contributed by atoms with Crippen LogP contribution in [0.5, 0.6) is 0 Å². The van der Waals surface area contributed by atoms with E-state index in [2.05, 4.69) is 53.1 Å². The van der Waals surface area contributed by atoms with Gasteiger partial charge >= 0.3 is 0 Å². The average Bonchev–Trinajstić information content (AvgIpc) is 2.97. The number of aryl methyl sites for hydroxylation is 2. The molecule has 2 heterocycles. The van der Waals surface area contributed by atoms with Crippen molar-refractivity contribution < 1.29 is 4.21 Å². The SMILES string of the molecule is Cc1cc2nc(S(=O)C3C=C4C=CC=NC4CC3)[nH]c2cc1C. The molecule has 0 saturated heterocycles. The van der Waals surface area contributed by atoms with E-state index in [4.69, 9.17) is 0 Å². The Morgan fingerprint density at radius 1 is 1.22 bits per heavy atom. The van der Waals surface area contributed by atoms with Crippen LogP contribution in [0.25, 0.3) is 11.0 Å². The molecule has 1 aliphatic heterocycles. The molecule has 4 rings (SSSR count). The normalized spacial score (nSPS) is 24.5. The number of nitrogens with one attached hydrogen (secondary N) is 1. The predicted molar refractivity (Wildman–Crippen MR) is 94.5 cm³/mol. The van der Waals surface area contributed by atoms with Gasteiger partial charge in [-0.2, -0.15) is 0 Å². The van der Waals surface area contributed by atoms with Gasteiger partial charge in [-0.15, -0.1) is 0 Å². The van der Waals surface area contributed by atoms with Crippen LogP contribution in [0.4, 0.5) is 0 Å². The number of rotatable bonds is 2. The molecule has 0 radical (unpaired) electrons. The lowest BCUT2D eigenvalue weighted by Crippen LogP contribution is -2.24. The minimum Gasteiger partial charge on any atom is -0.331 e. The van der Waals surface area contributed by atoms with Gasteiger partial charge < -0.3 is 4.98 Å². The fraction of sp³-hybridized carbons (Fsp3) is 0.333. The second-order valence-electron chi connectivity index (χ2n) is 6.25. The van der Waals surface area contributed by atoms with Crippen molar-refractivity contribution in [1.82, 2.24) is 9.97 Å². The largest absolute Gasteiger partial charge is 0.331 e. The van der Waals surface area contributed by atoms with Crippen molar-refractivity contribution in [3.05, 3.63) is 47.1 Å². The molecule has 1 aliphatic carbocycles. The Morgan fingerprint density at radius 2 is 2.04 bits per heavy atom. The Bertz CT molecular complexity index is 852. The van der Waals surface area contributed by atoms with Crippen LogP contribution in [-0.2, 0) is 10.8 Å². The third-order valence-electron chi connectivity index (χ3n) is 4.67. The third kappa shape index (κ3) is 2.59. The highest BCUT2D eigenvalue weighted by molar-refractivity contribution is 7.85. The summed E-state index contributed by atoms with van der Waals surface area (Å²) in [6, 6.07) is 4.37. The summed E-state index contributed by atoms with van der Waals surface area (Å²) in [5, 5.41) is 0.579. The van der Waals surface area contributed by atoms with Crippen molar-refractivity contribution in [1.29, 1.82) is 0 Å². The van der Waals surface area contributed by atoms with Gasteiger partial charge in [0.1, 0.15) is 0 Å². The molecule has 5 heteroatoms. The number of aromatic amines is 1. The molecule has 0 amide bonds. The smallest absolute Gasteiger partial charge is 0.198 e. The molecule has 3 unspecified atom stereocenters. The molecular formula is C18H19N3OS. The number of benzene rings is 1. The molecule has 0 bridgehead atoms. The number of hydrogen-bond acceptors (Lipinski definition) is 3. The topological polar surface area (TPSA) is 58.1 Å². The summed E-state index contributed by atoms with van der Waals surface area (Å²) in [6.07, 6.45) is 9.81. The second-order valence-corrected chi connectivity index (χ2v) is 7.84. The monoisotopic (exact) mass is 325 g/mol. The van der Waals surface area contributed by atoms with Crippen LogP contribution in [0.3, 0.4) is 0 Å². The highest BCUT2D eigenvalue weighted by atomic mass is 32.2. The number of dihydropyridines is 1. The van der Waals surface area contributed by atoms with Gasteiger partial charge in [-0.25, -0.2) is 4.98 Å². The van der Waals surface area contributed by atoms with E-state index < -0.39 is 10.8 Å². The van der Waals surface area contributed by atoms with Crippen LogP contribution >= 0.6 is 0 Å². The fourth-order valence-corrected chi connectivity index (χ4v) is 4.50. The quantitative estimate of drug-likeness (QED) is 0.920. The van der Waals surface area contributed by atoms with Gasteiger partial charge in [0.15, 0.2) is 5.16 Å². The van der Waals surface area contributed by atoms with Crippen molar-refractivity contribution in [2.24, 2.45) is 4.99 Å². The predicted octanol–water partition coefficient (Wildman–Crippen LogP) is 3.39. The maximum atomic E-state index is 12.9. The summed E-state index contributed by atoms with van der Waals surface area (Å²) < 4.78 is 12.9. The third-order valence-corrected chi connectivity index (χ3v) is 6.17. The lowest BCUT2D eigenvalue weighted by molar-refractivity contribution is 0.612. The number of hydrogen-bond donors (Lipinski definition) is 1. The first-order valence-electron chi connectivity index (χ1n) is 7.91. The number of nitrogens with zero attached hydrogens (tertiary/aromatic N) is 2. The first-order valence-corrected chi connectivity index (χ1v) is 9.12. The molecule has 118 valence electrons. The van der Waals surface area contributed by atoms with Crippen LogP contribution in [0, 0.1) is 13.8 Å². The Hall–Kier alpha value is -2.01. The van der Waals surface area contributed by atoms with Gasteiger partial charge in [0, 0.05) is 6.21 Å². The zero-order valence-electron chi connectivity index (χ0n) is 13.2. The molecule has 2 aliphatic rings. The number of imidazole rings is 1. The van der Waals surface area contributed by atoms with Crippen LogP contribution < -0.4 is 0 Å². The van der Waals surface area contributed by atoms with E-state index in [-0.39, 0.29) is 11.3 Å². The summed E-state index contributed by atoms with van der Waals surface area (Å²) in [7, 11) is -1.16. The van der Waals surface area contributed by atoms with E-state index in [1.165, 1.54) is 16.7 Å². The van der Waals surface area contributed by atoms with Crippen LogP contribution in [0.1, 0.15) is 24.0 Å². The molecular weight excluding hydrogens is 306 g/mol. The minimum absolute atomic E-state index is 0.00181. The molecule has 23 heavy (non-hydrogen) atoms. The highest BCUT2D eigenvalue weighted by Crippen LogP contribution is 2.29. The minimum atomic E-state index is -1.16. The van der Waals surface area contributed by atoms with E-state index in [0.29, 0.717) is 5.16 Å². The van der Waals surface area contributed by atoms with E-state index in [1.807, 2.05) is 12.3 Å². The molecule has 3 atom stereocenters. The van der Waals surface area contributed by atoms with Crippen molar-refractivity contribution in [2.75, 3.05) is 0 Å². The van der Waals surface area contributed by atoms with Gasteiger partial charge in [0.05, 0.1) is 33.1 Å². The van der Waals surface area contributed by atoms with Crippen molar-refractivity contribution in [3.8, 4) is 0 Å². The van der Waals surface area contributed by atoms with Crippen LogP contribution in [-0.4, -0.2) is 31.7 Å². The second kappa shape index (κ2) is 5.57. The Morgan fingerprint density at radius 3 is 2.91 bits per heavy atom. The summed E-state index contributed by atoms with van der Waals surface area (Å²) in [5.41, 5.74) is 5.44. The lowest BCUT2D eigenvalue weighted by Gasteiger charge is -2.25. The highest BCUT2D eigenvalue weighted by Gasteiger charge is 2.27. The molecule has 1 aromatic heterocycles. The summed E-state index contributed by atoms with van der Waals surface area (Å²) in [4.78, 5) is 12.3. The molecule has 0 fully saturated rings. The van der Waals surface area contributed by atoms with Crippen molar-refractivity contribution in [3.63, 3.8) is 0 Å². The van der Waals surface area contributed by atoms with Crippen LogP contribution in [0.15, 0.2) is 46.1 Å².